The van der Waals surface area contributed by atoms with Crippen LogP contribution in [-0.4, -0.2) is 12.1 Å². The van der Waals surface area contributed by atoms with Crippen LogP contribution >= 0.6 is 31.9 Å². The van der Waals surface area contributed by atoms with Gasteiger partial charge in [-0.25, -0.2) is 0 Å². The number of carbonyl (C=O) groups excluding carboxylic acids is 2. The van der Waals surface area contributed by atoms with E-state index in [1.54, 1.807) is 18.2 Å². The van der Waals surface area contributed by atoms with Gasteiger partial charge in [-0.05, 0) is 24.6 Å². The Morgan fingerprint density at radius 3 is 2.64 bits per heavy atom. The predicted molar refractivity (Wildman–Crippen MR) is 61.9 cm³/mol. The number of carbonyl (C=O) groups is 2. The van der Waals surface area contributed by atoms with Crippen LogP contribution in [0.5, 0.6) is 0 Å². The van der Waals surface area contributed by atoms with Gasteiger partial charge >= 0.3 is 0 Å². The number of benzene rings is 1. The number of alkyl halides is 1. The molecule has 0 radical (unpaired) electrons. The van der Waals surface area contributed by atoms with Gasteiger partial charge in [0.1, 0.15) is 12.1 Å². The van der Waals surface area contributed by atoms with E-state index in [4.69, 9.17) is 0 Å². The molecular formula is C10H8Br2O2. The molecular weight excluding hydrogens is 312 g/mol. The smallest absolute Gasteiger partial charge is 0.150 e. The fourth-order valence-electron chi connectivity index (χ4n) is 1.09. The number of Topliss-reactive ketones (excluding diaryl/α,β-unsaturated/α-hetero) is 1. The summed E-state index contributed by atoms with van der Waals surface area (Å²) in [5, 5.41) is 0. The molecule has 0 saturated carbocycles. The lowest BCUT2D eigenvalue weighted by atomic mass is 10.0. The van der Waals surface area contributed by atoms with Crippen molar-refractivity contribution in [1.29, 1.82) is 0 Å². The molecule has 0 heterocycles. The summed E-state index contributed by atoms with van der Waals surface area (Å²) in [6.45, 7) is 1.48. The first kappa shape index (κ1) is 11.6. The zero-order valence-corrected chi connectivity index (χ0v) is 10.6. The third-order valence-corrected chi connectivity index (χ3v) is 3.44. The molecule has 14 heavy (non-hydrogen) atoms. The Bertz CT molecular complexity index is 374. The van der Waals surface area contributed by atoms with Gasteiger partial charge in [0, 0.05) is 10.0 Å². The summed E-state index contributed by atoms with van der Waals surface area (Å²) in [7, 11) is 0. The minimum Gasteiger partial charge on any atom is -0.298 e. The monoisotopic (exact) mass is 318 g/mol. The van der Waals surface area contributed by atoms with E-state index >= 15 is 0 Å². The van der Waals surface area contributed by atoms with Crippen molar-refractivity contribution in [3.63, 3.8) is 0 Å². The number of aldehydes is 1. The molecule has 1 unspecified atom stereocenters. The van der Waals surface area contributed by atoms with Crippen LogP contribution in [0.2, 0.25) is 0 Å². The molecule has 1 aromatic carbocycles. The number of hydrogen-bond donors (Lipinski definition) is 0. The van der Waals surface area contributed by atoms with Crippen LogP contribution in [0, 0.1) is 0 Å². The molecule has 0 saturated heterocycles. The maximum Gasteiger partial charge on any atom is 0.150 e. The molecule has 0 bridgehead atoms. The Hall–Kier alpha value is -0.480. The molecule has 0 spiro atoms. The average molecular weight is 320 g/mol. The summed E-state index contributed by atoms with van der Waals surface area (Å²) in [6, 6.07) is 5.22. The first-order chi connectivity index (χ1) is 6.56. The molecule has 0 aromatic heterocycles. The van der Waals surface area contributed by atoms with Crippen LogP contribution in [-0.2, 0) is 4.79 Å². The van der Waals surface area contributed by atoms with E-state index in [-0.39, 0.29) is 5.78 Å². The predicted octanol–water partition coefficient (Wildman–Crippen LogP) is 3.29. The van der Waals surface area contributed by atoms with E-state index in [0.717, 1.165) is 10.8 Å². The highest BCUT2D eigenvalue weighted by molar-refractivity contribution is 9.10. The van der Waals surface area contributed by atoms with Crippen LogP contribution in [0.25, 0.3) is 0 Å². The van der Waals surface area contributed by atoms with Gasteiger partial charge in [0.15, 0.2) is 0 Å². The lowest BCUT2D eigenvalue weighted by Gasteiger charge is -2.09. The van der Waals surface area contributed by atoms with Gasteiger partial charge < -0.3 is 0 Å². The summed E-state index contributed by atoms with van der Waals surface area (Å²) in [6.07, 6.45) is 0.749. The fourth-order valence-corrected chi connectivity index (χ4v) is 1.87. The molecule has 2 nitrogen and oxygen atoms in total. The zero-order chi connectivity index (χ0) is 10.7. The van der Waals surface area contributed by atoms with Crippen LogP contribution < -0.4 is 0 Å². The summed E-state index contributed by atoms with van der Waals surface area (Å²) in [5.74, 6) is -0.0220. The standard InChI is InChI=1S/C10H8Br2O2/c1-6(14)10(12)9-4-8(11)3-2-7(9)5-13/h2-5,10H,1H3. The lowest BCUT2D eigenvalue weighted by Crippen LogP contribution is -2.04. The second kappa shape index (κ2) is 4.84. The quantitative estimate of drug-likeness (QED) is 0.633. The zero-order valence-electron chi connectivity index (χ0n) is 7.46. The van der Waals surface area contributed by atoms with E-state index in [0.29, 0.717) is 11.1 Å². The number of rotatable bonds is 3. The Labute approximate surface area is 98.9 Å². The van der Waals surface area contributed by atoms with Gasteiger partial charge in [0.2, 0.25) is 0 Å². The second-order valence-electron chi connectivity index (χ2n) is 2.86. The van der Waals surface area contributed by atoms with E-state index in [1.807, 2.05) is 0 Å². The van der Waals surface area contributed by atoms with Crippen molar-refractivity contribution < 1.29 is 9.59 Å². The van der Waals surface area contributed by atoms with Crippen molar-refractivity contribution in [2.75, 3.05) is 0 Å². The normalized spacial score (nSPS) is 12.2. The van der Waals surface area contributed by atoms with E-state index in [1.165, 1.54) is 6.92 Å². The minimum atomic E-state index is -0.416. The van der Waals surface area contributed by atoms with Gasteiger partial charge in [0.05, 0.1) is 4.83 Å². The van der Waals surface area contributed by atoms with Crippen LogP contribution in [0.15, 0.2) is 22.7 Å². The van der Waals surface area contributed by atoms with Gasteiger partial charge in [0.25, 0.3) is 0 Å². The molecule has 0 amide bonds. The SMILES string of the molecule is CC(=O)C(Br)c1cc(Br)ccc1C=O. The maximum absolute atomic E-state index is 11.1. The summed E-state index contributed by atoms with van der Waals surface area (Å²) in [4.78, 5) is 21.4. The van der Waals surface area contributed by atoms with E-state index in [2.05, 4.69) is 31.9 Å². The molecule has 0 aliphatic heterocycles. The number of hydrogen-bond acceptors (Lipinski definition) is 2. The highest BCUT2D eigenvalue weighted by atomic mass is 79.9. The van der Waals surface area contributed by atoms with Crippen LogP contribution in [0.1, 0.15) is 27.7 Å². The molecule has 0 aliphatic carbocycles. The Morgan fingerprint density at radius 1 is 1.50 bits per heavy atom. The summed E-state index contributed by atoms with van der Waals surface area (Å²) in [5.41, 5.74) is 1.23. The average Bonchev–Trinajstić information content (AvgIpc) is 2.16. The van der Waals surface area contributed by atoms with E-state index < -0.39 is 4.83 Å². The first-order valence-electron chi connectivity index (χ1n) is 3.95. The molecule has 4 heteroatoms. The van der Waals surface area contributed by atoms with Gasteiger partial charge in [-0.1, -0.05) is 37.9 Å². The Balaban J connectivity index is 3.23. The third kappa shape index (κ3) is 2.51. The molecule has 1 aromatic rings. The maximum atomic E-state index is 11.1. The Kier molecular flexibility index (Phi) is 4.01. The number of halogens is 2. The molecule has 0 N–H and O–H groups in total. The second-order valence-corrected chi connectivity index (χ2v) is 4.70. The highest BCUT2D eigenvalue weighted by Crippen LogP contribution is 2.28. The number of ketones is 1. The van der Waals surface area contributed by atoms with Crippen LogP contribution in [0.3, 0.4) is 0 Å². The lowest BCUT2D eigenvalue weighted by molar-refractivity contribution is -0.116. The van der Waals surface area contributed by atoms with Crippen molar-refractivity contribution in [2.24, 2.45) is 0 Å². The molecule has 1 rings (SSSR count). The van der Waals surface area contributed by atoms with Crippen molar-refractivity contribution >= 4 is 43.9 Å². The topological polar surface area (TPSA) is 34.1 Å². The summed E-state index contributed by atoms with van der Waals surface area (Å²) < 4.78 is 0.851. The Morgan fingerprint density at radius 2 is 2.14 bits per heavy atom. The van der Waals surface area contributed by atoms with Gasteiger partial charge in [-0.15, -0.1) is 0 Å². The minimum absolute atomic E-state index is 0.0220. The van der Waals surface area contributed by atoms with Crippen molar-refractivity contribution in [1.82, 2.24) is 0 Å². The molecule has 74 valence electrons. The molecule has 0 fully saturated rings. The third-order valence-electron chi connectivity index (χ3n) is 1.81. The van der Waals surface area contributed by atoms with E-state index in [9.17, 15) is 9.59 Å². The van der Waals surface area contributed by atoms with Crippen LogP contribution in [0.4, 0.5) is 0 Å². The van der Waals surface area contributed by atoms with Gasteiger partial charge in [-0.3, -0.25) is 9.59 Å². The fraction of sp³-hybridized carbons (Fsp3) is 0.200. The summed E-state index contributed by atoms with van der Waals surface area (Å²) >= 11 is 6.54. The molecule has 0 aliphatic rings. The first-order valence-corrected chi connectivity index (χ1v) is 5.66. The van der Waals surface area contributed by atoms with Gasteiger partial charge in [-0.2, -0.15) is 0 Å². The molecule has 1 atom stereocenters. The highest BCUT2D eigenvalue weighted by Gasteiger charge is 2.16. The largest absolute Gasteiger partial charge is 0.298 e. The van der Waals surface area contributed by atoms with Crippen molar-refractivity contribution in [2.45, 2.75) is 11.8 Å². The van der Waals surface area contributed by atoms with Crippen molar-refractivity contribution in [3.8, 4) is 0 Å². The van der Waals surface area contributed by atoms with Crippen molar-refractivity contribution in [3.05, 3.63) is 33.8 Å².